The maximum atomic E-state index is 12.6. The van der Waals surface area contributed by atoms with Crippen LogP contribution in [0.15, 0.2) is 53.4 Å². The Morgan fingerprint density at radius 1 is 1.10 bits per heavy atom. The zero-order valence-corrected chi connectivity index (χ0v) is 18.6. The SMILES string of the molecule is CCOC(=O)COc1ccc(/C=C2\SC(=O)N(Cc3ccc(I)cc3)C2=O)cc1. The first-order valence-electron chi connectivity index (χ1n) is 8.84. The van der Waals surface area contributed by atoms with E-state index in [1.807, 2.05) is 24.3 Å². The first-order valence-corrected chi connectivity index (χ1v) is 10.7. The molecule has 1 aliphatic rings. The van der Waals surface area contributed by atoms with E-state index in [1.54, 1.807) is 37.3 Å². The number of nitrogens with zero attached hydrogens (tertiary/aromatic N) is 1. The van der Waals surface area contributed by atoms with Crippen LogP contribution in [0.2, 0.25) is 0 Å². The van der Waals surface area contributed by atoms with Crippen LogP contribution >= 0.6 is 34.4 Å². The van der Waals surface area contributed by atoms with Gasteiger partial charge in [-0.05, 0) is 82.7 Å². The highest BCUT2D eigenvalue weighted by Gasteiger charge is 2.34. The first kappa shape index (κ1) is 21.4. The zero-order chi connectivity index (χ0) is 20.8. The number of hydrogen-bond acceptors (Lipinski definition) is 6. The topological polar surface area (TPSA) is 72.9 Å². The second-order valence-electron chi connectivity index (χ2n) is 6.06. The molecule has 0 saturated carbocycles. The second-order valence-corrected chi connectivity index (χ2v) is 8.30. The molecule has 8 heteroatoms. The van der Waals surface area contributed by atoms with Crippen molar-refractivity contribution >= 4 is 57.5 Å². The second kappa shape index (κ2) is 9.93. The minimum atomic E-state index is -0.432. The summed E-state index contributed by atoms with van der Waals surface area (Å²) >= 11 is 3.13. The van der Waals surface area contributed by atoms with Crippen molar-refractivity contribution in [3.63, 3.8) is 0 Å². The van der Waals surface area contributed by atoms with Gasteiger partial charge in [0.1, 0.15) is 5.75 Å². The molecule has 29 heavy (non-hydrogen) atoms. The molecule has 0 N–H and O–H groups in total. The molecule has 0 bridgehead atoms. The van der Waals surface area contributed by atoms with Crippen molar-refractivity contribution in [2.75, 3.05) is 13.2 Å². The van der Waals surface area contributed by atoms with Gasteiger partial charge in [-0.1, -0.05) is 24.3 Å². The zero-order valence-electron chi connectivity index (χ0n) is 15.6. The van der Waals surface area contributed by atoms with E-state index in [0.717, 1.165) is 26.5 Å². The van der Waals surface area contributed by atoms with Gasteiger partial charge in [0.15, 0.2) is 6.61 Å². The van der Waals surface area contributed by atoms with Gasteiger partial charge in [-0.25, -0.2) is 4.79 Å². The van der Waals surface area contributed by atoms with Gasteiger partial charge in [-0.3, -0.25) is 14.5 Å². The van der Waals surface area contributed by atoms with E-state index < -0.39 is 5.97 Å². The minimum absolute atomic E-state index is 0.162. The van der Waals surface area contributed by atoms with Crippen molar-refractivity contribution < 1.29 is 23.9 Å². The molecule has 0 atom stereocenters. The molecule has 6 nitrogen and oxygen atoms in total. The lowest BCUT2D eigenvalue weighted by atomic mass is 10.2. The molecular weight excluding hydrogens is 505 g/mol. The number of esters is 1. The lowest BCUT2D eigenvalue weighted by Crippen LogP contribution is -2.27. The summed E-state index contributed by atoms with van der Waals surface area (Å²) in [6.45, 7) is 2.12. The molecule has 3 rings (SSSR count). The summed E-state index contributed by atoms with van der Waals surface area (Å²) in [6, 6.07) is 14.6. The highest BCUT2D eigenvalue weighted by molar-refractivity contribution is 14.1. The van der Waals surface area contributed by atoms with E-state index in [4.69, 9.17) is 9.47 Å². The minimum Gasteiger partial charge on any atom is -0.482 e. The van der Waals surface area contributed by atoms with E-state index in [1.165, 1.54) is 4.90 Å². The Bertz CT molecular complexity index is 941. The number of ether oxygens (including phenoxy) is 2. The average molecular weight is 523 g/mol. The van der Waals surface area contributed by atoms with E-state index in [-0.39, 0.29) is 24.3 Å². The van der Waals surface area contributed by atoms with Crippen LogP contribution in [0.1, 0.15) is 18.1 Å². The molecule has 2 aromatic rings. The third-order valence-electron chi connectivity index (χ3n) is 3.97. The third-order valence-corrected chi connectivity index (χ3v) is 5.59. The Morgan fingerprint density at radius 3 is 2.45 bits per heavy atom. The summed E-state index contributed by atoms with van der Waals surface area (Å²) in [6.07, 6.45) is 1.67. The van der Waals surface area contributed by atoms with Crippen molar-refractivity contribution in [2.24, 2.45) is 0 Å². The fourth-order valence-electron chi connectivity index (χ4n) is 2.57. The van der Waals surface area contributed by atoms with Gasteiger partial charge in [-0.2, -0.15) is 0 Å². The fraction of sp³-hybridized carbons (Fsp3) is 0.190. The molecule has 2 amide bonds. The van der Waals surface area contributed by atoms with Gasteiger partial charge in [0.2, 0.25) is 0 Å². The predicted molar refractivity (Wildman–Crippen MR) is 119 cm³/mol. The van der Waals surface area contributed by atoms with Crippen LogP contribution in [0.4, 0.5) is 4.79 Å². The molecule has 150 valence electrons. The van der Waals surface area contributed by atoms with E-state index in [2.05, 4.69) is 22.6 Å². The number of hydrogen-bond donors (Lipinski definition) is 0. The molecule has 0 unspecified atom stereocenters. The van der Waals surface area contributed by atoms with Crippen molar-refractivity contribution in [1.82, 2.24) is 4.90 Å². The van der Waals surface area contributed by atoms with Crippen LogP contribution in [-0.2, 0) is 20.9 Å². The summed E-state index contributed by atoms with van der Waals surface area (Å²) in [7, 11) is 0. The maximum absolute atomic E-state index is 12.6. The molecule has 0 aliphatic carbocycles. The van der Waals surface area contributed by atoms with Crippen molar-refractivity contribution in [3.8, 4) is 5.75 Å². The van der Waals surface area contributed by atoms with E-state index in [9.17, 15) is 14.4 Å². The lowest BCUT2D eigenvalue weighted by Gasteiger charge is -2.12. The number of thioether (sulfide) groups is 1. The number of imide groups is 1. The first-order chi connectivity index (χ1) is 14.0. The van der Waals surface area contributed by atoms with E-state index >= 15 is 0 Å². The van der Waals surface area contributed by atoms with Gasteiger partial charge in [0, 0.05) is 3.57 Å². The largest absolute Gasteiger partial charge is 0.482 e. The molecule has 0 aromatic heterocycles. The number of carbonyl (C=O) groups is 3. The fourth-order valence-corrected chi connectivity index (χ4v) is 3.76. The summed E-state index contributed by atoms with van der Waals surface area (Å²) in [5.41, 5.74) is 1.66. The molecule has 0 spiro atoms. The summed E-state index contributed by atoms with van der Waals surface area (Å²) < 4.78 is 11.2. The normalized spacial score (nSPS) is 15.1. The molecule has 1 aliphatic heterocycles. The van der Waals surface area contributed by atoms with Crippen LogP contribution in [0.5, 0.6) is 5.75 Å². The maximum Gasteiger partial charge on any atom is 0.344 e. The monoisotopic (exact) mass is 523 g/mol. The third kappa shape index (κ3) is 5.83. The summed E-state index contributed by atoms with van der Waals surface area (Å²) in [5, 5.41) is -0.283. The van der Waals surface area contributed by atoms with Crippen molar-refractivity contribution in [3.05, 3.63) is 68.1 Å². The van der Waals surface area contributed by atoms with Crippen LogP contribution in [-0.4, -0.2) is 35.2 Å². The number of amides is 2. The van der Waals surface area contributed by atoms with E-state index in [0.29, 0.717) is 17.3 Å². The highest BCUT2D eigenvalue weighted by atomic mass is 127. The Kier molecular flexibility index (Phi) is 7.32. The smallest absolute Gasteiger partial charge is 0.344 e. The van der Waals surface area contributed by atoms with Gasteiger partial charge in [0.05, 0.1) is 18.1 Å². The molecule has 1 fully saturated rings. The van der Waals surface area contributed by atoms with Gasteiger partial charge in [0.25, 0.3) is 11.1 Å². The molecule has 0 radical (unpaired) electrons. The van der Waals surface area contributed by atoms with Crippen molar-refractivity contribution in [1.29, 1.82) is 0 Å². The van der Waals surface area contributed by atoms with Crippen LogP contribution in [0.3, 0.4) is 0 Å². The molecule has 2 aromatic carbocycles. The van der Waals surface area contributed by atoms with Gasteiger partial charge < -0.3 is 9.47 Å². The average Bonchev–Trinajstić information content (AvgIpc) is 2.97. The number of rotatable bonds is 7. The van der Waals surface area contributed by atoms with Gasteiger partial charge >= 0.3 is 5.97 Å². The van der Waals surface area contributed by atoms with Crippen LogP contribution in [0.25, 0.3) is 6.08 Å². The van der Waals surface area contributed by atoms with Crippen LogP contribution in [0, 0.1) is 3.57 Å². The quantitative estimate of drug-likeness (QED) is 0.303. The number of halogens is 1. The number of benzene rings is 2. The Balaban J connectivity index is 1.64. The molecular formula is C21H18INO5S. The molecule has 1 saturated heterocycles. The lowest BCUT2D eigenvalue weighted by molar-refractivity contribution is -0.145. The van der Waals surface area contributed by atoms with Gasteiger partial charge in [-0.15, -0.1) is 0 Å². The Morgan fingerprint density at radius 2 is 1.79 bits per heavy atom. The predicted octanol–water partition coefficient (Wildman–Crippen LogP) is 4.47. The highest BCUT2D eigenvalue weighted by Crippen LogP contribution is 2.33. The molecule has 1 heterocycles. The van der Waals surface area contributed by atoms with Crippen molar-refractivity contribution in [2.45, 2.75) is 13.5 Å². The number of carbonyl (C=O) groups excluding carboxylic acids is 3. The van der Waals surface area contributed by atoms with Crippen LogP contribution < -0.4 is 4.74 Å². The summed E-state index contributed by atoms with van der Waals surface area (Å²) in [4.78, 5) is 37.9. The standard InChI is InChI=1S/C21H18INO5S/c1-2-27-19(24)13-28-17-9-5-14(6-10-17)11-18-20(25)23(21(26)29-18)12-15-3-7-16(22)8-4-15/h3-11H,2,12-13H2,1H3/b18-11-. The summed E-state index contributed by atoms with van der Waals surface area (Å²) in [5.74, 6) is -0.221. The Hall–Kier alpha value is -2.33. The Labute approximate surface area is 186 Å².